The molecule has 0 saturated heterocycles. The minimum absolute atomic E-state index is 0.124. The van der Waals surface area contributed by atoms with E-state index in [1.165, 1.54) is 0 Å². The Morgan fingerprint density at radius 1 is 1.18 bits per heavy atom. The van der Waals surface area contributed by atoms with Crippen LogP contribution in [0.2, 0.25) is 0 Å². The van der Waals surface area contributed by atoms with E-state index >= 15 is 0 Å². The van der Waals surface area contributed by atoms with Gasteiger partial charge >= 0.3 is 0 Å². The molecule has 1 heterocycles. The maximum Gasteiger partial charge on any atom is 0.242 e. The average Bonchev–Trinajstić information content (AvgIpc) is 2.96. The summed E-state index contributed by atoms with van der Waals surface area (Å²) in [5.74, 6) is 0.635. The fourth-order valence-electron chi connectivity index (χ4n) is 2.27. The molecule has 0 aliphatic rings. The molecule has 3 rings (SSSR count). The van der Waals surface area contributed by atoms with Gasteiger partial charge < -0.3 is 10.1 Å². The number of rotatable bonds is 5. The van der Waals surface area contributed by atoms with Crippen LogP contribution in [-0.4, -0.2) is 28.0 Å². The highest BCUT2D eigenvalue weighted by Gasteiger charge is 2.09. The van der Waals surface area contributed by atoms with Gasteiger partial charge in [0.05, 0.1) is 12.6 Å². The van der Waals surface area contributed by atoms with Crippen molar-refractivity contribution in [3.8, 4) is 5.75 Å². The normalized spacial score (nSPS) is 10.6. The molecule has 0 atom stereocenters. The van der Waals surface area contributed by atoms with E-state index in [2.05, 4.69) is 15.6 Å². The first-order valence-electron chi connectivity index (χ1n) is 6.95. The molecule has 0 fully saturated rings. The molecule has 1 N–H and O–H groups in total. The number of hydrogen-bond acceptors (Lipinski definition) is 4. The van der Waals surface area contributed by atoms with Crippen molar-refractivity contribution in [2.75, 3.05) is 7.11 Å². The van der Waals surface area contributed by atoms with Crippen molar-refractivity contribution in [1.29, 1.82) is 0 Å². The lowest BCUT2D eigenvalue weighted by Gasteiger charge is -2.09. The van der Waals surface area contributed by atoms with Crippen molar-refractivity contribution < 1.29 is 9.53 Å². The van der Waals surface area contributed by atoms with Gasteiger partial charge in [-0.1, -0.05) is 35.5 Å². The summed E-state index contributed by atoms with van der Waals surface area (Å²) in [7, 11) is 1.61. The Bertz CT molecular complexity index is 797. The predicted molar refractivity (Wildman–Crippen MR) is 82.4 cm³/mol. The number of amides is 1. The first-order valence-corrected chi connectivity index (χ1v) is 6.95. The van der Waals surface area contributed by atoms with Gasteiger partial charge in [0.1, 0.15) is 17.8 Å². The zero-order valence-corrected chi connectivity index (χ0v) is 12.2. The molecule has 0 unspecified atom stereocenters. The van der Waals surface area contributed by atoms with Gasteiger partial charge in [0.15, 0.2) is 0 Å². The molecule has 0 radical (unpaired) electrons. The molecule has 0 aliphatic heterocycles. The number of ether oxygens (including phenoxy) is 1. The number of hydrogen-bond donors (Lipinski definition) is 1. The smallest absolute Gasteiger partial charge is 0.242 e. The van der Waals surface area contributed by atoms with Crippen LogP contribution in [0.5, 0.6) is 5.75 Å². The lowest BCUT2D eigenvalue weighted by molar-refractivity contribution is -0.121. The number of carbonyl (C=O) groups excluding carboxylic acids is 1. The largest absolute Gasteiger partial charge is 0.496 e. The second kappa shape index (κ2) is 6.26. The summed E-state index contributed by atoms with van der Waals surface area (Å²) in [6.45, 7) is 0.547. The monoisotopic (exact) mass is 296 g/mol. The Balaban J connectivity index is 1.65. The average molecular weight is 296 g/mol. The molecule has 0 spiro atoms. The van der Waals surface area contributed by atoms with Crippen LogP contribution in [0.1, 0.15) is 5.56 Å². The highest BCUT2D eigenvalue weighted by Crippen LogP contribution is 2.16. The van der Waals surface area contributed by atoms with E-state index in [0.29, 0.717) is 6.54 Å². The molecular weight excluding hydrogens is 280 g/mol. The Labute approximate surface area is 127 Å². The fourth-order valence-corrected chi connectivity index (χ4v) is 2.27. The van der Waals surface area contributed by atoms with Crippen LogP contribution in [0, 0.1) is 0 Å². The molecule has 0 saturated carbocycles. The maximum atomic E-state index is 12.1. The van der Waals surface area contributed by atoms with E-state index in [1.54, 1.807) is 11.8 Å². The van der Waals surface area contributed by atoms with Gasteiger partial charge in [0, 0.05) is 12.1 Å². The van der Waals surface area contributed by atoms with Crippen molar-refractivity contribution in [1.82, 2.24) is 20.3 Å². The van der Waals surface area contributed by atoms with Gasteiger partial charge in [-0.15, -0.1) is 5.10 Å². The third-order valence-corrected chi connectivity index (χ3v) is 3.38. The molecule has 112 valence electrons. The van der Waals surface area contributed by atoms with Crippen LogP contribution < -0.4 is 10.1 Å². The van der Waals surface area contributed by atoms with Gasteiger partial charge in [0.25, 0.3) is 0 Å². The van der Waals surface area contributed by atoms with E-state index in [0.717, 1.165) is 22.3 Å². The van der Waals surface area contributed by atoms with Crippen molar-refractivity contribution in [3.63, 3.8) is 0 Å². The Hall–Kier alpha value is -2.89. The number of carbonyl (C=O) groups is 1. The second-order valence-corrected chi connectivity index (χ2v) is 4.82. The summed E-state index contributed by atoms with van der Waals surface area (Å²) in [5.41, 5.74) is 2.55. The number of aromatic nitrogens is 3. The van der Waals surface area contributed by atoms with Crippen LogP contribution in [0.4, 0.5) is 0 Å². The summed E-state index contributed by atoms with van der Waals surface area (Å²) in [4.78, 5) is 12.1. The third-order valence-electron chi connectivity index (χ3n) is 3.38. The van der Waals surface area contributed by atoms with Crippen LogP contribution in [0.25, 0.3) is 11.0 Å². The van der Waals surface area contributed by atoms with Gasteiger partial charge in [-0.3, -0.25) is 4.79 Å². The lowest BCUT2D eigenvalue weighted by atomic mass is 10.2. The van der Waals surface area contributed by atoms with Gasteiger partial charge in [-0.2, -0.15) is 0 Å². The molecule has 3 aromatic rings. The predicted octanol–water partition coefficient (Wildman–Crippen LogP) is 1.76. The van der Waals surface area contributed by atoms with E-state index in [-0.39, 0.29) is 12.5 Å². The minimum Gasteiger partial charge on any atom is -0.496 e. The van der Waals surface area contributed by atoms with E-state index in [1.807, 2.05) is 48.5 Å². The minimum atomic E-state index is -0.124. The first kappa shape index (κ1) is 14.1. The Morgan fingerprint density at radius 3 is 2.82 bits per heavy atom. The summed E-state index contributed by atoms with van der Waals surface area (Å²) in [6.07, 6.45) is 0. The quantitative estimate of drug-likeness (QED) is 0.779. The molecule has 6 heteroatoms. The van der Waals surface area contributed by atoms with E-state index in [9.17, 15) is 4.79 Å². The number of methoxy groups -OCH3 is 1. The summed E-state index contributed by atoms with van der Waals surface area (Å²) in [5, 5.41) is 10.9. The first-order chi connectivity index (χ1) is 10.8. The van der Waals surface area contributed by atoms with Crippen molar-refractivity contribution >= 4 is 16.9 Å². The standard InChI is InChI=1S/C16H16N4O2/c1-22-15-9-5-2-6-12(15)10-17-16(21)11-20-14-8-4-3-7-13(14)18-19-20/h2-9H,10-11H2,1H3,(H,17,21). The van der Waals surface area contributed by atoms with Crippen molar-refractivity contribution in [3.05, 3.63) is 54.1 Å². The summed E-state index contributed by atoms with van der Waals surface area (Å²) in [6, 6.07) is 15.1. The van der Waals surface area contributed by atoms with Crippen molar-refractivity contribution in [2.45, 2.75) is 13.1 Å². The zero-order chi connectivity index (χ0) is 15.4. The molecule has 1 aromatic heterocycles. The van der Waals surface area contributed by atoms with Crippen LogP contribution in [0.15, 0.2) is 48.5 Å². The molecule has 0 bridgehead atoms. The molecule has 1 amide bonds. The number of para-hydroxylation sites is 2. The lowest BCUT2D eigenvalue weighted by Crippen LogP contribution is -2.27. The number of nitrogens with zero attached hydrogens (tertiary/aromatic N) is 3. The maximum absolute atomic E-state index is 12.1. The third kappa shape index (κ3) is 2.90. The van der Waals surface area contributed by atoms with E-state index < -0.39 is 0 Å². The second-order valence-electron chi connectivity index (χ2n) is 4.82. The number of fused-ring (bicyclic) bond motifs is 1. The summed E-state index contributed by atoms with van der Waals surface area (Å²) >= 11 is 0. The topological polar surface area (TPSA) is 69.0 Å². The fraction of sp³-hybridized carbons (Fsp3) is 0.188. The number of benzene rings is 2. The zero-order valence-electron chi connectivity index (χ0n) is 12.2. The summed E-state index contributed by atoms with van der Waals surface area (Å²) < 4.78 is 6.85. The number of nitrogens with one attached hydrogen (secondary N) is 1. The van der Waals surface area contributed by atoms with Crippen molar-refractivity contribution in [2.24, 2.45) is 0 Å². The SMILES string of the molecule is COc1ccccc1CNC(=O)Cn1nnc2ccccc21. The van der Waals surface area contributed by atoms with Crippen LogP contribution in [0.3, 0.4) is 0 Å². The van der Waals surface area contributed by atoms with Crippen LogP contribution in [-0.2, 0) is 17.9 Å². The molecular formula is C16H16N4O2. The molecule has 22 heavy (non-hydrogen) atoms. The molecule has 0 aliphatic carbocycles. The van der Waals surface area contributed by atoms with Gasteiger partial charge in [-0.05, 0) is 18.2 Å². The van der Waals surface area contributed by atoms with E-state index in [4.69, 9.17) is 4.74 Å². The van der Waals surface area contributed by atoms with Gasteiger partial charge in [-0.25, -0.2) is 4.68 Å². The Kier molecular flexibility index (Phi) is 4.00. The van der Waals surface area contributed by atoms with Gasteiger partial charge in [0.2, 0.25) is 5.91 Å². The Morgan fingerprint density at radius 2 is 1.95 bits per heavy atom. The van der Waals surface area contributed by atoms with Crippen LogP contribution >= 0.6 is 0 Å². The highest BCUT2D eigenvalue weighted by molar-refractivity contribution is 5.79. The highest BCUT2D eigenvalue weighted by atomic mass is 16.5. The molecule has 2 aromatic carbocycles. The molecule has 6 nitrogen and oxygen atoms in total.